The molecule has 14 heteroatoms. The summed E-state index contributed by atoms with van der Waals surface area (Å²) < 4.78 is 17.7. The van der Waals surface area contributed by atoms with Crippen LogP contribution in [0.25, 0.3) is 26.8 Å². The predicted molar refractivity (Wildman–Crippen MR) is 182 cm³/mol. The molecule has 6 rings (SSSR count). The molecule has 1 amide bonds. The number of aromatic nitrogens is 4. The number of thiazole rings is 2. The molecule has 46 heavy (non-hydrogen) atoms. The minimum absolute atomic E-state index is 0.164. The first-order chi connectivity index (χ1) is 22.3. The van der Waals surface area contributed by atoms with Crippen molar-refractivity contribution in [3.63, 3.8) is 0 Å². The number of nitrogens with zero attached hydrogens (tertiary/aromatic N) is 3. The van der Waals surface area contributed by atoms with Gasteiger partial charge in [-0.15, -0.1) is 11.3 Å². The summed E-state index contributed by atoms with van der Waals surface area (Å²) >= 11 is 2.82. The number of H-pyrrole nitrogens is 1. The monoisotopic (exact) mass is 655 g/mol. The number of carbonyl (C=O) groups excluding carboxylic acids is 1. The van der Waals surface area contributed by atoms with Gasteiger partial charge < -0.3 is 30.6 Å². The molecule has 0 fully saturated rings. The number of hydrogen-bond donors (Lipinski definition) is 4. The van der Waals surface area contributed by atoms with Crippen molar-refractivity contribution in [3.05, 3.63) is 93.7 Å². The largest absolute Gasteiger partial charge is 0.493 e. The number of anilines is 4. The molecule has 0 saturated carbocycles. The van der Waals surface area contributed by atoms with Crippen molar-refractivity contribution in [3.8, 4) is 44.1 Å². The Morgan fingerprint density at radius 1 is 0.935 bits per heavy atom. The molecule has 0 aliphatic heterocycles. The van der Waals surface area contributed by atoms with E-state index in [1.165, 1.54) is 33.4 Å². The van der Waals surface area contributed by atoms with E-state index in [-0.39, 0.29) is 11.5 Å². The minimum atomic E-state index is -0.276. The lowest BCUT2D eigenvalue weighted by atomic mass is 10.1. The third kappa shape index (κ3) is 6.16. The highest BCUT2D eigenvalue weighted by Crippen LogP contribution is 2.43. The van der Waals surface area contributed by atoms with Crippen LogP contribution in [0.2, 0.25) is 0 Å². The highest BCUT2D eigenvalue weighted by molar-refractivity contribution is 7.23. The molecule has 5 N–H and O–H groups in total. The second kappa shape index (κ2) is 12.8. The molecule has 0 radical (unpaired) electrons. The molecular formula is C32H29N7O5S2. The Balaban J connectivity index is 1.17. The molecule has 3 aromatic heterocycles. The fraction of sp³-hybridized carbons (Fsp3) is 0.125. The van der Waals surface area contributed by atoms with E-state index in [9.17, 15) is 9.59 Å². The van der Waals surface area contributed by atoms with Crippen LogP contribution in [0.5, 0.6) is 17.2 Å². The van der Waals surface area contributed by atoms with Gasteiger partial charge in [-0.1, -0.05) is 23.5 Å². The number of nitrogens with two attached hydrogens (primary N) is 1. The van der Waals surface area contributed by atoms with E-state index in [0.29, 0.717) is 55.8 Å². The molecule has 0 spiro atoms. The zero-order valence-corrected chi connectivity index (χ0v) is 26.8. The number of aromatic amines is 1. The second-order valence-electron chi connectivity index (χ2n) is 10.0. The van der Waals surface area contributed by atoms with Crippen LogP contribution in [0.1, 0.15) is 16.1 Å². The van der Waals surface area contributed by atoms with Crippen LogP contribution in [-0.4, -0.2) is 47.0 Å². The molecule has 6 aromatic rings. The first kappa shape index (κ1) is 30.4. The molecule has 0 aliphatic rings. The van der Waals surface area contributed by atoms with E-state index in [2.05, 4.69) is 20.7 Å². The summed E-state index contributed by atoms with van der Waals surface area (Å²) in [4.78, 5) is 35.1. The number of benzene rings is 3. The first-order valence-electron chi connectivity index (χ1n) is 13.9. The number of amides is 1. The molecule has 12 nitrogen and oxygen atoms in total. The van der Waals surface area contributed by atoms with Crippen molar-refractivity contribution in [2.45, 2.75) is 6.92 Å². The summed E-state index contributed by atoms with van der Waals surface area (Å²) in [5.41, 5.74) is 10.9. The second-order valence-corrected chi connectivity index (χ2v) is 11.9. The van der Waals surface area contributed by atoms with Gasteiger partial charge in [-0.2, -0.15) is 0 Å². The van der Waals surface area contributed by atoms with E-state index >= 15 is 0 Å². The van der Waals surface area contributed by atoms with Gasteiger partial charge in [-0.05, 0) is 43.3 Å². The lowest BCUT2D eigenvalue weighted by Gasteiger charge is -2.14. The van der Waals surface area contributed by atoms with Gasteiger partial charge in [0, 0.05) is 51.8 Å². The Labute approximate surface area is 271 Å². The lowest BCUT2D eigenvalue weighted by molar-refractivity contribution is 0.102. The van der Waals surface area contributed by atoms with Crippen molar-refractivity contribution < 1.29 is 19.0 Å². The van der Waals surface area contributed by atoms with Crippen LogP contribution < -0.4 is 36.1 Å². The number of carbonyl (C=O) groups is 1. The fourth-order valence-corrected chi connectivity index (χ4v) is 6.59. The Kier molecular flexibility index (Phi) is 8.46. The van der Waals surface area contributed by atoms with Crippen molar-refractivity contribution in [1.82, 2.24) is 19.7 Å². The zero-order chi connectivity index (χ0) is 32.4. The van der Waals surface area contributed by atoms with Crippen LogP contribution in [0, 0.1) is 6.92 Å². The number of nitrogens with one attached hydrogen (secondary N) is 3. The number of rotatable bonds is 10. The molecule has 3 aromatic carbocycles. The van der Waals surface area contributed by atoms with E-state index < -0.39 is 0 Å². The number of aryl methyl sites for hydroxylation is 1. The minimum Gasteiger partial charge on any atom is -0.493 e. The smallest absolute Gasteiger partial charge is 0.271 e. The van der Waals surface area contributed by atoms with Gasteiger partial charge in [0.15, 0.2) is 16.6 Å². The molecule has 234 valence electrons. The summed E-state index contributed by atoms with van der Waals surface area (Å²) in [6.45, 7) is 1.81. The van der Waals surface area contributed by atoms with Crippen LogP contribution >= 0.6 is 22.7 Å². The van der Waals surface area contributed by atoms with Crippen LogP contribution in [0.15, 0.2) is 76.9 Å². The molecule has 3 heterocycles. The first-order valence-corrected chi connectivity index (χ1v) is 15.6. The number of ether oxygens (including phenoxy) is 3. The fourth-order valence-electron chi connectivity index (χ4n) is 4.75. The quantitative estimate of drug-likeness (QED) is 0.132. The maximum absolute atomic E-state index is 13.0. The van der Waals surface area contributed by atoms with Crippen molar-refractivity contribution in [2.24, 2.45) is 0 Å². The lowest BCUT2D eigenvalue weighted by Crippen LogP contribution is -2.15. The maximum atomic E-state index is 13.0. The highest BCUT2D eigenvalue weighted by atomic mass is 32.1. The van der Waals surface area contributed by atoms with E-state index in [4.69, 9.17) is 24.9 Å². The van der Waals surface area contributed by atoms with Crippen molar-refractivity contribution >= 4 is 50.9 Å². The normalized spacial score (nSPS) is 10.9. The molecule has 0 unspecified atom stereocenters. The van der Waals surface area contributed by atoms with Crippen LogP contribution in [-0.2, 0) is 0 Å². The van der Waals surface area contributed by atoms with E-state index in [0.717, 1.165) is 21.8 Å². The summed E-state index contributed by atoms with van der Waals surface area (Å²) in [5.74, 6) is 1.59. The third-order valence-corrected chi connectivity index (χ3v) is 8.90. The molecule has 0 bridgehead atoms. The standard InChI is InChI=1S/C32H29N7O5S2/c1-17-12-26(40)39(38-17)22-10-8-18(9-11-22)30(41)34-20-7-5-6-19(13-20)23-16-45-31(36-23)28-29(33)37-32(46-28)35-21-14-24(42-2)27(44-4)25(15-21)43-3/h5-16,38H,33H2,1-4H3,(H,34,41)(H,35,37). The number of methoxy groups -OCH3 is 3. The highest BCUT2D eigenvalue weighted by Gasteiger charge is 2.18. The van der Waals surface area contributed by atoms with E-state index in [1.54, 1.807) is 57.7 Å². The maximum Gasteiger partial charge on any atom is 0.271 e. The van der Waals surface area contributed by atoms with Gasteiger partial charge in [0.05, 0.1) is 32.7 Å². The van der Waals surface area contributed by atoms with Gasteiger partial charge in [0.2, 0.25) is 5.75 Å². The molecule has 0 saturated heterocycles. The van der Waals surface area contributed by atoms with Gasteiger partial charge in [0.25, 0.3) is 11.5 Å². The van der Waals surface area contributed by atoms with Crippen molar-refractivity contribution in [1.29, 1.82) is 0 Å². The van der Waals surface area contributed by atoms with Crippen LogP contribution in [0.4, 0.5) is 22.3 Å². The zero-order valence-electron chi connectivity index (χ0n) is 25.2. The van der Waals surface area contributed by atoms with Gasteiger partial charge >= 0.3 is 0 Å². The Morgan fingerprint density at radius 2 is 1.67 bits per heavy atom. The van der Waals surface area contributed by atoms with Gasteiger partial charge in [0.1, 0.15) is 15.7 Å². The third-order valence-electron chi connectivity index (χ3n) is 6.92. The molecule has 0 atom stereocenters. The SMILES string of the molecule is COc1cc(Nc2nc(N)c(-c3nc(-c4cccc(NC(=O)c5ccc(-n6[nH]c(C)cc6=O)cc5)c4)cs3)s2)cc(OC)c1OC. The van der Waals surface area contributed by atoms with Gasteiger partial charge in [-0.25, -0.2) is 14.6 Å². The number of hydrogen-bond acceptors (Lipinski definition) is 11. The average Bonchev–Trinajstić information content (AvgIpc) is 3.78. The Bertz CT molecular complexity index is 2070. The van der Waals surface area contributed by atoms with Crippen molar-refractivity contribution in [2.75, 3.05) is 37.7 Å². The van der Waals surface area contributed by atoms with E-state index in [1.807, 2.05) is 36.6 Å². The summed E-state index contributed by atoms with van der Waals surface area (Å²) in [7, 11) is 4.66. The summed E-state index contributed by atoms with van der Waals surface area (Å²) in [5, 5.41) is 12.4. The Hall–Kier alpha value is -5.60. The summed E-state index contributed by atoms with van der Waals surface area (Å²) in [6.07, 6.45) is 0. The summed E-state index contributed by atoms with van der Waals surface area (Å²) in [6, 6.07) is 19.3. The molecular weight excluding hydrogens is 627 g/mol. The van der Waals surface area contributed by atoms with Crippen LogP contribution in [0.3, 0.4) is 0 Å². The average molecular weight is 656 g/mol. The van der Waals surface area contributed by atoms with Gasteiger partial charge in [-0.3, -0.25) is 14.7 Å². The Morgan fingerprint density at radius 3 is 2.33 bits per heavy atom. The molecule has 0 aliphatic carbocycles. The topological polar surface area (TPSA) is 158 Å². The predicted octanol–water partition coefficient (Wildman–Crippen LogP) is 6.32. The number of nitrogen functional groups attached to an aromatic ring is 1.